The minimum absolute atomic E-state index is 0.115. The summed E-state index contributed by atoms with van der Waals surface area (Å²) in [6.07, 6.45) is 0.714. The topological polar surface area (TPSA) is 78.9 Å². The van der Waals surface area contributed by atoms with Crippen molar-refractivity contribution in [3.63, 3.8) is 0 Å². The second kappa shape index (κ2) is 9.84. The third-order valence-corrected chi connectivity index (χ3v) is 3.62. The van der Waals surface area contributed by atoms with Gasteiger partial charge in [0.25, 0.3) is 0 Å². The van der Waals surface area contributed by atoms with Crippen LogP contribution in [0, 0.1) is 6.92 Å². The van der Waals surface area contributed by atoms with Crippen LogP contribution in [0.5, 0.6) is 5.75 Å². The molecule has 0 aromatic heterocycles. The van der Waals surface area contributed by atoms with Gasteiger partial charge in [0.05, 0.1) is 6.61 Å². The Balaban J connectivity index is 2.42. The summed E-state index contributed by atoms with van der Waals surface area (Å²) in [7, 11) is 0. The maximum absolute atomic E-state index is 11.2. The highest BCUT2D eigenvalue weighted by atomic mass is 16.5. The molecule has 1 atom stereocenters. The quantitative estimate of drug-likeness (QED) is 0.641. The molecule has 0 radical (unpaired) electrons. The van der Waals surface area contributed by atoms with Crippen molar-refractivity contribution in [2.45, 2.75) is 33.2 Å². The zero-order valence-corrected chi connectivity index (χ0v) is 14.0. The summed E-state index contributed by atoms with van der Waals surface area (Å²) in [6.45, 7) is 7.14. The summed E-state index contributed by atoms with van der Waals surface area (Å²) in [5, 5.41) is 11.9. The summed E-state index contributed by atoms with van der Waals surface area (Å²) in [5.74, 6) is -0.132. The van der Waals surface area contributed by atoms with Crippen LogP contribution in [0.2, 0.25) is 0 Å². The first kappa shape index (κ1) is 19.0. The van der Waals surface area contributed by atoms with Crippen molar-refractivity contribution in [3.05, 3.63) is 29.8 Å². The van der Waals surface area contributed by atoms with E-state index in [1.54, 1.807) is 6.92 Å². The molecule has 0 spiro atoms. The van der Waals surface area contributed by atoms with Crippen molar-refractivity contribution in [2.75, 3.05) is 26.2 Å². The summed E-state index contributed by atoms with van der Waals surface area (Å²) in [5.41, 5.74) is 1.08. The van der Waals surface area contributed by atoms with E-state index in [0.717, 1.165) is 11.3 Å². The summed E-state index contributed by atoms with van der Waals surface area (Å²) in [6, 6.07) is 7.20. The third kappa shape index (κ3) is 7.15. The first-order valence-corrected chi connectivity index (χ1v) is 7.81. The van der Waals surface area contributed by atoms with Gasteiger partial charge in [0, 0.05) is 26.6 Å². The SMILES string of the molecule is CC(=O)NCCN(CCCOc1ccccc1C)C(C)C(=O)O. The van der Waals surface area contributed by atoms with Crippen molar-refractivity contribution in [2.24, 2.45) is 0 Å². The van der Waals surface area contributed by atoms with Gasteiger partial charge < -0.3 is 15.2 Å². The fraction of sp³-hybridized carbons (Fsp3) is 0.529. The van der Waals surface area contributed by atoms with Crippen molar-refractivity contribution in [1.29, 1.82) is 0 Å². The van der Waals surface area contributed by atoms with Gasteiger partial charge in [-0.3, -0.25) is 14.5 Å². The molecule has 23 heavy (non-hydrogen) atoms. The first-order chi connectivity index (χ1) is 10.9. The fourth-order valence-corrected chi connectivity index (χ4v) is 2.20. The molecule has 0 aliphatic heterocycles. The van der Waals surface area contributed by atoms with Crippen molar-refractivity contribution >= 4 is 11.9 Å². The smallest absolute Gasteiger partial charge is 0.320 e. The van der Waals surface area contributed by atoms with Crippen molar-refractivity contribution in [3.8, 4) is 5.75 Å². The molecule has 0 aliphatic carbocycles. The molecule has 0 aliphatic rings. The van der Waals surface area contributed by atoms with E-state index in [0.29, 0.717) is 32.7 Å². The molecule has 1 unspecified atom stereocenters. The third-order valence-electron chi connectivity index (χ3n) is 3.62. The second-order valence-electron chi connectivity index (χ2n) is 5.50. The van der Waals surface area contributed by atoms with Crippen LogP contribution in [0.25, 0.3) is 0 Å². The highest BCUT2D eigenvalue weighted by molar-refractivity contribution is 5.73. The number of benzene rings is 1. The molecule has 2 N–H and O–H groups in total. The van der Waals surface area contributed by atoms with Gasteiger partial charge in [-0.05, 0) is 31.9 Å². The molecule has 0 saturated carbocycles. The predicted molar refractivity (Wildman–Crippen MR) is 88.6 cm³/mol. The largest absolute Gasteiger partial charge is 0.493 e. The standard InChI is InChI=1S/C17H26N2O4/c1-13-7-4-5-8-16(13)23-12-6-10-19(14(2)17(21)22)11-9-18-15(3)20/h4-5,7-8,14H,6,9-12H2,1-3H3,(H,18,20)(H,21,22). The van der Waals surface area contributed by atoms with E-state index in [1.807, 2.05) is 36.1 Å². The van der Waals surface area contributed by atoms with E-state index in [2.05, 4.69) is 5.32 Å². The van der Waals surface area contributed by atoms with Gasteiger partial charge in [-0.25, -0.2) is 0 Å². The number of ether oxygens (including phenoxy) is 1. The summed E-state index contributed by atoms with van der Waals surface area (Å²) < 4.78 is 5.73. The highest BCUT2D eigenvalue weighted by Gasteiger charge is 2.19. The Hall–Kier alpha value is -2.08. The van der Waals surface area contributed by atoms with E-state index < -0.39 is 12.0 Å². The average molecular weight is 322 g/mol. The fourth-order valence-electron chi connectivity index (χ4n) is 2.20. The molecule has 0 fully saturated rings. The molecule has 1 rings (SSSR count). The number of carbonyl (C=O) groups excluding carboxylic acids is 1. The lowest BCUT2D eigenvalue weighted by Crippen LogP contribution is -2.44. The van der Waals surface area contributed by atoms with Gasteiger partial charge >= 0.3 is 5.97 Å². The number of nitrogens with one attached hydrogen (secondary N) is 1. The number of para-hydroxylation sites is 1. The minimum atomic E-state index is -0.868. The van der Waals surface area contributed by atoms with Gasteiger partial charge in [-0.1, -0.05) is 18.2 Å². The number of carboxylic acids is 1. The molecule has 0 heterocycles. The number of hydrogen-bond donors (Lipinski definition) is 2. The van der Waals surface area contributed by atoms with Crippen molar-refractivity contribution in [1.82, 2.24) is 10.2 Å². The number of hydrogen-bond acceptors (Lipinski definition) is 4. The van der Waals surface area contributed by atoms with Crippen LogP contribution in [-0.2, 0) is 9.59 Å². The zero-order valence-electron chi connectivity index (χ0n) is 14.0. The molecule has 0 saturated heterocycles. The molecule has 1 aromatic carbocycles. The lowest BCUT2D eigenvalue weighted by Gasteiger charge is -2.26. The number of aliphatic carboxylic acids is 1. The number of aryl methyl sites for hydroxylation is 1. The van der Waals surface area contributed by atoms with Crippen LogP contribution < -0.4 is 10.1 Å². The normalized spacial score (nSPS) is 12.0. The van der Waals surface area contributed by atoms with Crippen LogP contribution in [-0.4, -0.2) is 54.2 Å². The number of carboxylic acid groups (broad SMARTS) is 1. The number of carbonyl (C=O) groups is 2. The van der Waals surface area contributed by atoms with E-state index in [-0.39, 0.29) is 5.91 Å². The summed E-state index contributed by atoms with van der Waals surface area (Å²) in [4.78, 5) is 23.9. The molecule has 6 nitrogen and oxygen atoms in total. The molecule has 1 aromatic rings. The van der Waals surface area contributed by atoms with E-state index in [4.69, 9.17) is 4.74 Å². The lowest BCUT2D eigenvalue weighted by atomic mass is 10.2. The second-order valence-corrected chi connectivity index (χ2v) is 5.50. The lowest BCUT2D eigenvalue weighted by molar-refractivity contribution is -0.142. The Bertz CT molecular complexity index is 519. The van der Waals surface area contributed by atoms with Gasteiger partial charge in [0.1, 0.15) is 11.8 Å². The zero-order chi connectivity index (χ0) is 17.2. The van der Waals surface area contributed by atoms with Crippen LogP contribution >= 0.6 is 0 Å². The maximum Gasteiger partial charge on any atom is 0.320 e. The van der Waals surface area contributed by atoms with Crippen LogP contribution in [0.4, 0.5) is 0 Å². The predicted octanol–water partition coefficient (Wildman–Crippen LogP) is 1.68. The number of amides is 1. The van der Waals surface area contributed by atoms with Crippen LogP contribution in [0.3, 0.4) is 0 Å². The van der Waals surface area contributed by atoms with Crippen LogP contribution in [0.1, 0.15) is 25.8 Å². The average Bonchev–Trinajstić information content (AvgIpc) is 2.50. The Kier molecular flexibility index (Phi) is 8.11. The maximum atomic E-state index is 11.2. The molecule has 1 amide bonds. The Morgan fingerprint density at radius 3 is 2.61 bits per heavy atom. The van der Waals surface area contributed by atoms with Crippen LogP contribution in [0.15, 0.2) is 24.3 Å². The molecular formula is C17H26N2O4. The van der Waals surface area contributed by atoms with Gasteiger partial charge in [0.15, 0.2) is 0 Å². The van der Waals surface area contributed by atoms with E-state index in [9.17, 15) is 14.7 Å². The molecular weight excluding hydrogens is 296 g/mol. The van der Waals surface area contributed by atoms with Gasteiger partial charge in [-0.15, -0.1) is 0 Å². The monoisotopic (exact) mass is 322 g/mol. The van der Waals surface area contributed by atoms with Gasteiger partial charge in [0.2, 0.25) is 5.91 Å². The Morgan fingerprint density at radius 1 is 1.30 bits per heavy atom. The molecule has 128 valence electrons. The van der Waals surface area contributed by atoms with Crippen molar-refractivity contribution < 1.29 is 19.4 Å². The van der Waals surface area contributed by atoms with E-state index in [1.165, 1.54) is 6.92 Å². The number of nitrogens with zero attached hydrogens (tertiary/aromatic N) is 1. The molecule has 6 heteroatoms. The highest BCUT2D eigenvalue weighted by Crippen LogP contribution is 2.16. The van der Waals surface area contributed by atoms with E-state index >= 15 is 0 Å². The van der Waals surface area contributed by atoms with Gasteiger partial charge in [-0.2, -0.15) is 0 Å². The minimum Gasteiger partial charge on any atom is -0.493 e. The number of rotatable bonds is 10. The first-order valence-electron chi connectivity index (χ1n) is 7.81. The summed E-state index contributed by atoms with van der Waals surface area (Å²) >= 11 is 0. The Labute approximate surface area is 137 Å². The Morgan fingerprint density at radius 2 is 2.00 bits per heavy atom. The molecule has 0 bridgehead atoms.